The summed E-state index contributed by atoms with van der Waals surface area (Å²) in [6.07, 6.45) is -3.01. The number of benzene rings is 1. The Hall–Kier alpha value is -1.03. The Morgan fingerprint density at radius 2 is 1.81 bits per heavy atom. The molecule has 16 heavy (non-hydrogen) atoms. The Balaban J connectivity index is 1.82. The predicted molar refractivity (Wildman–Crippen MR) is 53.8 cm³/mol. The normalized spacial score (nSPS) is 32.6. The number of halogens is 3. The maximum Gasteiger partial charge on any atom is 0.416 e. The first-order chi connectivity index (χ1) is 7.55. The van der Waals surface area contributed by atoms with Crippen LogP contribution in [0.3, 0.4) is 0 Å². The van der Waals surface area contributed by atoms with E-state index in [4.69, 9.17) is 0 Å². The summed E-state index contributed by atoms with van der Waals surface area (Å²) in [4.78, 5) is 0. The molecule has 0 aromatic heterocycles. The maximum atomic E-state index is 12.4. The lowest BCUT2D eigenvalue weighted by molar-refractivity contribution is -0.137. The van der Waals surface area contributed by atoms with E-state index in [9.17, 15) is 13.2 Å². The van der Waals surface area contributed by atoms with Gasteiger partial charge in [0.1, 0.15) is 0 Å². The summed E-state index contributed by atoms with van der Waals surface area (Å²) in [6, 6.07) is 5.81. The molecule has 1 saturated heterocycles. The molecule has 3 atom stereocenters. The highest BCUT2D eigenvalue weighted by Crippen LogP contribution is 2.51. The fourth-order valence-corrected chi connectivity index (χ4v) is 2.59. The molecule has 86 valence electrons. The number of nitrogens with one attached hydrogen (secondary N) is 1. The summed E-state index contributed by atoms with van der Waals surface area (Å²) >= 11 is 0. The van der Waals surface area contributed by atoms with Crippen LogP contribution < -0.4 is 5.32 Å². The summed E-state index contributed by atoms with van der Waals surface area (Å²) in [6.45, 7) is 1.01. The van der Waals surface area contributed by atoms with Crippen LogP contribution in [0.25, 0.3) is 0 Å². The van der Waals surface area contributed by atoms with Crippen molar-refractivity contribution in [2.24, 2.45) is 11.8 Å². The van der Waals surface area contributed by atoms with E-state index in [1.807, 2.05) is 0 Å². The van der Waals surface area contributed by atoms with Gasteiger partial charge in [0, 0.05) is 6.04 Å². The molecular weight excluding hydrogens is 215 g/mol. The van der Waals surface area contributed by atoms with Gasteiger partial charge in [0.2, 0.25) is 0 Å². The van der Waals surface area contributed by atoms with Gasteiger partial charge in [0.05, 0.1) is 5.56 Å². The zero-order chi connectivity index (χ0) is 11.3. The van der Waals surface area contributed by atoms with Gasteiger partial charge in [-0.15, -0.1) is 0 Å². The molecule has 1 heterocycles. The van der Waals surface area contributed by atoms with Gasteiger partial charge in [-0.25, -0.2) is 0 Å². The van der Waals surface area contributed by atoms with E-state index in [-0.39, 0.29) is 6.04 Å². The molecule has 1 aromatic carbocycles. The van der Waals surface area contributed by atoms with Crippen LogP contribution in [0.4, 0.5) is 13.2 Å². The Kier molecular flexibility index (Phi) is 2.05. The number of piperidine rings is 1. The Labute approximate surface area is 91.7 Å². The first-order valence-electron chi connectivity index (χ1n) is 5.46. The molecule has 1 nitrogen and oxygen atoms in total. The minimum Gasteiger partial charge on any atom is -0.309 e. The zero-order valence-corrected chi connectivity index (χ0v) is 8.59. The third-order valence-electron chi connectivity index (χ3n) is 3.60. The Bertz CT molecular complexity index is 396. The first kappa shape index (κ1) is 10.1. The van der Waals surface area contributed by atoms with Gasteiger partial charge in [-0.1, -0.05) is 12.1 Å². The molecule has 2 aliphatic rings. The largest absolute Gasteiger partial charge is 0.416 e. The molecule has 0 amide bonds. The molecule has 3 rings (SSSR count). The van der Waals surface area contributed by atoms with Crippen molar-refractivity contribution in [1.82, 2.24) is 5.32 Å². The van der Waals surface area contributed by atoms with Crippen molar-refractivity contribution in [2.75, 3.05) is 6.54 Å². The highest BCUT2D eigenvalue weighted by molar-refractivity contribution is 5.29. The molecule has 2 fully saturated rings. The van der Waals surface area contributed by atoms with Crippen LogP contribution in [0, 0.1) is 11.8 Å². The summed E-state index contributed by atoms with van der Waals surface area (Å²) < 4.78 is 37.1. The molecule has 1 aliphatic heterocycles. The van der Waals surface area contributed by atoms with Crippen molar-refractivity contribution in [3.8, 4) is 0 Å². The lowest BCUT2D eigenvalue weighted by atomic mass is 10.0. The van der Waals surface area contributed by atoms with E-state index >= 15 is 0 Å². The van der Waals surface area contributed by atoms with E-state index in [1.165, 1.54) is 18.6 Å². The number of rotatable bonds is 1. The van der Waals surface area contributed by atoms with E-state index < -0.39 is 11.7 Å². The summed E-state index contributed by atoms with van der Waals surface area (Å²) in [7, 11) is 0. The second-order valence-electron chi connectivity index (χ2n) is 4.67. The average Bonchev–Trinajstić information content (AvgIpc) is 2.89. The van der Waals surface area contributed by atoms with Gasteiger partial charge >= 0.3 is 6.18 Å². The number of hydrogen-bond acceptors (Lipinski definition) is 1. The molecule has 0 unspecified atom stereocenters. The number of hydrogen-bond donors (Lipinski definition) is 1. The SMILES string of the molecule is FC(F)(F)c1ccc([C@@H]2NC[C@@H]3C[C@@H]32)cc1. The minimum atomic E-state index is -4.23. The second kappa shape index (κ2) is 3.23. The fraction of sp³-hybridized carbons (Fsp3) is 0.500. The van der Waals surface area contributed by atoms with Gasteiger partial charge in [-0.2, -0.15) is 13.2 Å². The third-order valence-corrected chi connectivity index (χ3v) is 3.60. The second-order valence-corrected chi connectivity index (χ2v) is 4.67. The Morgan fingerprint density at radius 3 is 2.25 bits per heavy atom. The molecule has 0 spiro atoms. The molecule has 0 bridgehead atoms. The van der Waals surface area contributed by atoms with Crippen LogP contribution in [0.5, 0.6) is 0 Å². The van der Waals surface area contributed by atoms with Crippen LogP contribution in [-0.4, -0.2) is 6.54 Å². The zero-order valence-electron chi connectivity index (χ0n) is 8.59. The summed E-state index contributed by atoms with van der Waals surface area (Å²) in [5.74, 6) is 1.41. The summed E-state index contributed by atoms with van der Waals surface area (Å²) in [5, 5.41) is 3.35. The van der Waals surface area contributed by atoms with E-state index in [2.05, 4.69) is 5.32 Å². The monoisotopic (exact) mass is 227 g/mol. The van der Waals surface area contributed by atoms with Gasteiger partial charge in [0.25, 0.3) is 0 Å². The molecule has 1 aromatic rings. The average molecular weight is 227 g/mol. The standard InChI is InChI=1S/C12H12F3N/c13-12(14,15)9-3-1-7(2-4-9)11-10-5-8(10)6-16-11/h1-4,8,10-11,16H,5-6H2/t8-,10-,11-/m0/s1. The third kappa shape index (κ3) is 1.61. The molecule has 4 heteroatoms. The van der Waals surface area contributed by atoms with Crippen LogP contribution in [0.15, 0.2) is 24.3 Å². The van der Waals surface area contributed by atoms with E-state index in [1.54, 1.807) is 12.1 Å². The summed E-state index contributed by atoms with van der Waals surface area (Å²) in [5.41, 5.74) is 0.416. The molecule has 0 radical (unpaired) electrons. The number of fused-ring (bicyclic) bond motifs is 1. The highest BCUT2D eigenvalue weighted by atomic mass is 19.4. The van der Waals surface area contributed by atoms with Crippen molar-refractivity contribution in [2.45, 2.75) is 18.6 Å². The molecule has 1 N–H and O–H groups in total. The van der Waals surface area contributed by atoms with Crippen LogP contribution in [0.2, 0.25) is 0 Å². The smallest absolute Gasteiger partial charge is 0.309 e. The first-order valence-corrected chi connectivity index (χ1v) is 5.46. The van der Waals surface area contributed by atoms with Crippen molar-refractivity contribution < 1.29 is 13.2 Å². The van der Waals surface area contributed by atoms with Crippen LogP contribution in [-0.2, 0) is 6.18 Å². The maximum absolute atomic E-state index is 12.4. The lowest BCUT2D eigenvalue weighted by Gasteiger charge is -2.14. The predicted octanol–water partition coefficient (Wildman–Crippen LogP) is 2.99. The van der Waals surface area contributed by atoms with Crippen LogP contribution >= 0.6 is 0 Å². The Morgan fingerprint density at radius 1 is 1.12 bits per heavy atom. The molecular formula is C12H12F3N. The van der Waals surface area contributed by atoms with Crippen molar-refractivity contribution >= 4 is 0 Å². The number of alkyl halides is 3. The van der Waals surface area contributed by atoms with Crippen molar-refractivity contribution in [3.63, 3.8) is 0 Å². The van der Waals surface area contributed by atoms with Crippen molar-refractivity contribution in [1.29, 1.82) is 0 Å². The topological polar surface area (TPSA) is 12.0 Å². The van der Waals surface area contributed by atoms with Gasteiger partial charge < -0.3 is 5.32 Å². The van der Waals surface area contributed by atoms with E-state index in [0.717, 1.165) is 18.0 Å². The van der Waals surface area contributed by atoms with Gasteiger partial charge in [-0.3, -0.25) is 0 Å². The quantitative estimate of drug-likeness (QED) is 0.777. The molecule has 1 aliphatic carbocycles. The molecule has 1 saturated carbocycles. The van der Waals surface area contributed by atoms with E-state index in [0.29, 0.717) is 5.92 Å². The highest BCUT2D eigenvalue weighted by Gasteiger charge is 2.48. The fourth-order valence-electron chi connectivity index (χ4n) is 2.59. The minimum absolute atomic E-state index is 0.271. The van der Waals surface area contributed by atoms with Crippen molar-refractivity contribution in [3.05, 3.63) is 35.4 Å². The lowest BCUT2D eigenvalue weighted by Crippen LogP contribution is -2.18. The van der Waals surface area contributed by atoms with Gasteiger partial charge in [0.15, 0.2) is 0 Å². The van der Waals surface area contributed by atoms with Crippen LogP contribution in [0.1, 0.15) is 23.6 Å². The van der Waals surface area contributed by atoms with Gasteiger partial charge in [-0.05, 0) is 42.5 Å².